The monoisotopic (exact) mass is 436 g/mol. The Kier molecular flexibility index (Phi) is 8.68. The first-order valence-corrected chi connectivity index (χ1v) is 12.7. The number of amides is 1. The van der Waals surface area contributed by atoms with E-state index in [4.69, 9.17) is 0 Å². The lowest BCUT2D eigenvalue weighted by molar-refractivity contribution is 0.0951. The number of sulfonamides is 1. The molecule has 0 aromatic heterocycles. The molecule has 1 N–H and O–H groups in total. The fraction of sp³-hybridized carbons (Fsp3) is 0.682. The number of piperazine rings is 1. The largest absolute Gasteiger partial charge is 0.352 e. The Balaban J connectivity index is 1.42. The fourth-order valence-corrected chi connectivity index (χ4v) is 5.56. The van der Waals surface area contributed by atoms with Crippen LogP contribution >= 0.6 is 0 Å². The second kappa shape index (κ2) is 11.2. The predicted octanol–water partition coefficient (Wildman–Crippen LogP) is 2.01. The number of hydrogen-bond donors (Lipinski definition) is 1. The van der Waals surface area contributed by atoms with Gasteiger partial charge in [0.1, 0.15) is 0 Å². The van der Waals surface area contributed by atoms with Gasteiger partial charge in [0.2, 0.25) is 10.0 Å². The zero-order chi connectivity index (χ0) is 21.4. The predicted molar refractivity (Wildman–Crippen MR) is 119 cm³/mol. The van der Waals surface area contributed by atoms with Crippen molar-refractivity contribution in [2.24, 2.45) is 0 Å². The summed E-state index contributed by atoms with van der Waals surface area (Å²) >= 11 is 0. The Morgan fingerprint density at radius 1 is 0.900 bits per heavy atom. The summed E-state index contributed by atoms with van der Waals surface area (Å²) in [6.07, 6.45) is 6.00. The number of carbonyl (C=O) groups excluding carboxylic acids is 1. The van der Waals surface area contributed by atoms with Gasteiger partial charge in [-0.15, -0.1) is 0 Å². The smallest absolute Gasteiger partial charge is 0.251 e. The van der Waals surface area contributed by atoms with Gasteiger partial charge >= 0.3 is 0 Å². The number of nitrogens with zero attached hydrogens (tertiary/aromatic N) is 3. The summed E-state index contributed by atoms with van der Waals surface area (Å²) < 4.78 is 27.2. The summed E-state index contributed by atoms with van der Waals surface area (Å²) in [6.45, 7) is 7.37. The van der Waals surface area contributed by atoms with Gasteiger partial charge in [-0.05, 0) is 63.5 Å². The zero-order valence-corrected chi connectivity index (χ0v) is 19.0. The van der Waals surface area contributed by atoms with Gasteiger partial charge in [0.05, 0.1) is 4.90 Å². The molecule has 168 valence electrons. The van der Waals surface area contributed by atoms with E-state index < -0.39 is 10.0 Å². The van der Waals surface area contributed by atoms with Gasteiger partial charge in [-0.3, -0.25) is 4.79 Å². The van der Waals surface area contributed by atoms with Crippen molar-refractivity contribution in [2.75, 3.05) is 59.4 Å². The highest BCUT2D eigenvalue weighted by Crippen LogP contribution is 2.20. The Labute approximate surface area is 181 Å². The van der Waals surface area contributed by atoms with Crippen molar-refractivity contribution in [3.63, 3.8) is 0 Å². The number of nitrogens with one attached hydrogen (secondary N) is 1. The van der Waals surface area contributed by atoms with Crippen LogP contribution in [0.5, 0.6) is 0 Å². The molecule has 1 aromatic rings. The van der Waals surface area contributed by atoms with Crippen molar-refractivity contribution in [1.29, 1.82) is 0 Å². The summed E-state index contributed by atoms with van der Waals surface area (Å²) in [5.74, 6) is -0.145. The van der Waals surface area contributed by atoms with Gasteiger partial charge in [0.15, 0.2) is 0 Å². The van der Waals surface area contributed by atoms with Crippen LogP contribution in [-0.2, 0) is 10.0 Å². The van der Waals surface area contributed by atoms with Crippen LogP contribution in [0, 0.1) is 0 Å². The van der Waals surface area contributed by atoms with Crippen LogP contribution in [0.4, 0.5) is 0 Å². The molecular formula is C22H36N4O3S. The number of benzene rings is 1. The first kappa shape index (κ1) is 23.2. The maximum absolute atomic E-state index is 12.8. The second-order valence-electron chi connectivity index (χ2n) is 8.45. The first-order chi connectivity index (χ1) is 14.5. The van der Waals surface area contributed by atoms with Crippen LogP contribution in [0.1, 0.15) is 48.9 Å². The van der Waals surface area contributed by atoms with Crippen molar-refractivity contribution in [1.82, 2.24) is 19.4 Å². The molecule has 7 nitrogen and oxygen atoms in total. The Morgan fingerprint density at radius 2 is 1.53 bits per heavy atom. The van der Waals surface area contributed by atoms with E-state index in [0.717, 1.165) is 71.2 Å². The van der Waals surface area contributed by atoms with Crippen LogP contribution in [0.25, 0.3) is 0 Å². The number of unbranched alkanes of at least 4 members (excludes halogenated alkanes) is 1. The Hall–Kier alpha value is -1.48. The highest BCUT2D eigenvalue weighted by molar-refractivity contribution is 7.89. The zero-order valence-electron chi connectivity index (χ0n) is 18.2. The molecule has 2 saturated heterocycles. The molecule has 1 aromatic carbocycles. The van der Waals surface area contributed by atoms with Crippen LogP contribution in [0.2, 0.25) is 0 Å². The van der Waals surface area contributed by atoms with E-state index in [0.29, 0.717) is 25.2 Å². The van der Waals surface area contributed by atoms with Crippen LogP contribution in [0.15, 0.2) is 29.2 Å². The van der Waals surface area contributed by atoms with Crippen molar-refractivity contribution < 1.29 is 13.2 Å². The van der Waals surface area contributed by atoms with Gasteiger partial charge in [-0.1, -0.05) is 12.8 Å². The van der Waals surface area contributed by atoms with Gasteiger partial charge in [0, 0.05) is 51.4 Å². The van der Waals surface area contributed by atoms with Gasteiger partial charge in [-0.2, -0.15) is 4.31 Å². The molecule has 0 saturated carbocycles. The molecule has 30 heavy (non-hydrogen) atoms. The number of hydrogen-bond acceptors (Lipinski definition) is 5. The van der Waals surface area contributed by atoms with E-state index in [2.05, 4.69) is 22.2 Å². The molecule has 2 fully saturated rings. The molecule has 0 aliphatic carbocycles. The first-order valence-electron chi connectivity index (χ1n) is 11.3. The lowest BCUT2D eigenvalue weighted by Crippen LogP contribution is -2.44. The highest BCUT2D eigenvalue weighted by Gasteiger charge is 2.25. The average molecular weight is 437 g/mol. The maximum atomic E-state index is 12.8. The summed E-state index contributed by atoms with van der Waals surface area (Å²) in [6, 6.07) is 6.35. The lowest BCUT2D eigenvalue weighted by Gasteiger charge is -2.32. The molecule has 2 aliphatic rings. The third kappa shape index (κ3) is 6.51. The topological polar surface area (TPSA) is 73.0 Å². The average Bonchev–Trinajstić information content (AvgIpc) is 3.05. The standard InChI is InChI=1S/C22H36N4O3S/c1-24-16-18-25(19-17-24)13-7-4-12-23-22(27)20-8-10-21(11-9-20)30(28,29)26-14-5-2-3-6-15-26/h8-11H,2-7,12-19H2,1H3,(H,23,27). The molecule has 0 unspecified atom stereocenters. The molecule has 2 heterocycles. The number of rotatable bonds is 8. The number of carbonyl (C=O) groups is 1. The molecule has 0 bridgehead atoms. The van der Waals surface area contributed by atoms with Crippen molar-refractivity contribution in [3.05, 3.63) is 29.8 Å². The molecule has 0 spiro atoms. The van der Waals surface area contributed by atoms with Crippen LogP contribution in [0.3, 0.4) is 0 Å². The summed E-state index contributed by atoms with van der Waals surface area (Å²) in [5.41, 5.74) is 0.504. The molecule has 0 radical (unpaired) electrons. The van der Waals surface area contributed by atoms with Crippen LogP contribution < -0.4 is 5.32 Å². The van der Waals surface area contributed by atoms with E-state index >= 15 is 0 Å². The number of likely N-dealkylation sites (N-methyl/N-ethyl adjacent to an activating group) is 1. The molecule has 8 heteroatoms. The van der Waals surface area contributed by atoms with E-state index in [-0.39, 0.29) is 10.8 Å². The van der Waals surface area contributed by atoms with E-state index in [1.54, 1.807) is 28.6 Å². The normalized spacial score (nSPS) is 20.0. The SMILES string of the molecule is CN1CCN(CCCCNC(=O)c2ccc(S(=O)(=O)N3CCCCCC3)cc2)CC1. The van der Waals surface area contributed by atoms with Crippen LogP contribution in [-0.4, -0.2) is 87.8 Å². The van der Waals surface area contributed by atoms with Crippen molar-refractivity contribution >= 4 is 15.9 Å². The second-order valence-corrected chi connectivity index (χ2v) is 10.4. The van der Waals surface area contributed by atoms with Gasteiger partial charge < -0.3 is 15.1 Å². The van der Waals surface area contributed by atoms with Crippen molar-refractivity contribution in [2.45, 2.75) is 43.4 Å². The summed E-state index contributed by atoms with van der Waals surface area (Å²) in [4.78, 5) is 17.5. The highest BCUT2D eigenvalue weighted by atomic mass is 32.2. The van der Waals surface area contributed by atoms with E-state index in [1.165, 1.54) is 0 Å². The third-order valence-corrected chi connectivity index (χ3v) is 8.01. The minimum atomic E-state index is -3.47. The fourth-order valence-electron chi connectivity index (χ4n) is 4.05. The minimum absolute atomic E-state index is 0.145. The van der Waals surface area contributed by atoms with E-state index in [1.807, 2.05) is 0 Å². The molecule has 2 aliphatic heterocycles. The Bertz CT molecular complexity index is 766. The quantitative estimate of drug-likeness (QED) is 0.631. The molecular weight excluding hydrogens is 400 g/mol. The van der Waals surface area contributed by atoms with Gasteiger partial charge in [-0.25, -0.2) is 8.42 Å². The van der Waals surface area contributed by atoms with E-state index in [9.17, 15) is 13.2 Å². The van der Waals surface area contributed by atoms with Crippen molar-refractivity contribution in [3.8, 4) is 0 Å². The lowest BCUT2D eigenvalue weighted by atomic mass is 10.2. The Morgan fingerprint density at radius 3 is 2.17 bits per heavy atom. The summed E-state index contributed by atoms with van der Waals surface area (Å²) in [5, 5.41) is 2.95. The maximum Gasteiger partial charge on any atom is 0.251 e. The van der Waals surface area contributed by atoms with Gasteiger partial charge in [0.25, 0.3) is 5.91 Å². The minimum Gasteiger partial charge on any atom is -0.352 e. The third-order valence-electron chi connectivity index (χ3n) is 6.10. The molecule has 1 amide bonds. The summed E-state index contributed by atoms with van der Waals surface area (Å²) in [7, 11) is -1.32. The molecule has 3 rings (SSSR count). The molecule has 0 atom stereocenters.